The highest BCUT2D eigenvalue weighted by atomic mass is 32.2. The smallest absolute Gasteiger partial charge is 0.233 e. The van der Waals surface area contributed by atoms with Crippen LogP contribution in [-0.4, -0.2) is 81.9 Å². The molecule has 0 unspecified atom stereocenters. The van der Waals surface area contributed by atoms with Gasteiger partial charge < -0.3 is 20.3 Å². The summed E-state index contributed by atoms with van der Waals surface area (Å²) in [6.45, 7) is 3.83. The average molecular weight is 354 g/mol. The standard InChI is InChI=1S/C14H22N6O3S/c15-13-16-14(18-17-13)24-9-11(21)19-3-1-10(2-4-19)12(22)20-5-7-23-8-6-20/h10H,1-9H2,(H3,15,16,17,18). The lowest BCUT2D eigenvalue weighted by Crippen LogP contribution is -2.47. The van der Waals surface area contributed by atoms with Crippen LogP contribution in [0.1, 0.15) is 12.8 Å². The zero-order valence-electron chi connectivity index (χ0n) is 13.4. The van der Waals surface area contributed by atoms with Crippen molar-refractivity contribution < 1.29 is 14.3 Å². The Bertz CT molecular complexity index is 581. The second-order valence-corrected chi connectivity index (χ2v) is 6.83. The lowest BCUT2D eigenvalue weighted by atomic mass is 9.95. The summed E-state index contributed by atoms with van der Waals surface area (Å²) in [6.07, 6.45) is 1.44. The van der Waals surface area contributed by atoms with Crippen LogP contribution in [-0.2, 0) is 14.3 Å². The number of nitrogens with zero attached hydrogens (tertiary/aromatic N) is 4. The van der Waals surface area contributed by atoms with Crippen molar-refractivity contribution >= 4 is 29.5 Å². The number of morpholine rings is 1. The summed E-state index contributed by atoms with van der Waals surface area (Å²) in [5.41, 5.74) is 5.45. The predicted molar refractivity (Wildman–Crippen MR) is 88.2 cm³/mol. The number of nitrogens with one attached hydrogen (secondary N) is 1. The number of anilines is 1. The van der Waals surface area contributed by atoms with Crippen LogP contribution in [0.15, 0.2) is 5.16 Å². The molecule has 1 aromatic rings. The number of rotatable bonds is 4. The SMILES string of the molecule is Nc1nc(SCC(=O)N2CCC(C(=O)N3CCOCC3)CC2)n[nH]1. The number of carbonyl (C=O) groups is 2. The van der Waals surface area contributed by atoms with Gasteiger partial charge in [0.15, 0.2) is 0 Å². The summed E-state index contributed by atoms with van der Waals surface area (Å²) in [6, 6.07) is 0. The summed E-state index contributed by atoms with van der Waals surface area (Å²) < 4.78 is 5.28. The van der Waals surface area contributed by atoms with Crippen molar-refractivity contribution in [2.24, 2.45) is 5.92 Å². The summed E-state index contributed by atoms with van der Waals surface area (Å²) in [5.74, 6) is 0.788. The maximum Gasteiger partial charge on any atom is 0.233 e. The number of carbonyl (C=O) groups excluding carboxylic acids is 2. The second kappa shape index (κ2) is 7.84. The Kier molecular flexibility index (Phi) is 5.56. The number of nitrogen functional groups attached to an aromatic ring is 1. The molecule has 0 bridgehead atoms. The maximum atomic E-state index is 12.5. The molecular weight excluding hydrogens is 332 g/mol. The zero-order valence-corrected chi connectivity index (χ0v) is 14.3. The fraction of sp³-hybridized carbons (Fsp3) is 0.714. The van der Waals surface area contributed by atoms with Crippen LogP contribution in [0.25, 0.3) is 0 Å². The second-order valence-electron chi connectivity index (χ2n) is 5.88. The molecule has 3 heterocycles. The number of nitrogens with two attached hydrogens (primary N) is 1. The van der Waals surface area contributed by atoms with E-state index in [1.165, 1.54) is 11.8 Å². The summed E-state index contributed by atoms with van der Waals surface area (Å²) in [5, 5.41) is 6.90. The number of amides is 2. The molecule has 0 atom stereocenters. The summed E-state index contributed by atoms with van der Waals surface area (Å²) >= 11 is 1.26. The van der Waals surface area contributed by atoms with Gasteiger partial charge in [-0.25, -0.2) is 5.10 Å². The molecule has 9 nitrogen and oxygen atoms in total. The van der Waals surface area contributed by atoms with Crippen LogP contribution < -0.4 is 5.73 Å². The fourth-order valence-electron chi connectivity index (χ4n) is 2.96. The Morgan fingerprint density at radius 1 is 1.21 bits per heavy atom. The third kappa shape index (κ3) is 4.18. The van der Waals surface area contributed by atoms with Crippen molar-refractivity contribution in [1.82, 2.24) is 25.0 Å². The molecule has 2 amide bonds. The van der Waals surface area contributed by atoms with Gasteiger partial charge in [0.2, 0.25) is 22.9 Å². The molecule has 0 saturated carbocycles. The van der Waals surface area contributed by atoms with Crippen LogP contribution in [0.4, 0.5) is 5.95 Å². The first-order valence-corrected chi connectivity index (χ1v) is 9.07. The van der Waals surface area contributed by atoms with Crippen molar-refractivity contribution in [3.05, 3.63) is 0 Å². The number of aromatic nitrogens is 3. The zero-order chi connectivity index (χ0) is 16.9. The van der Waals surface area contributed by atoms with Gasteiger partial charge in [0.25, 0.3) is 0 Å². The van der Waals surface area contributed by atoms with Crippen molar-refractivity contribution in [3.8, 4) is 0 Å². The van der Waals surface area contributed by atoms with E-state index in [1.807, 2.05) is 9.80 Å². The van der Waals surface area contributed by atoms with E-state index in [0.29, 0.717) is 44.5 Å². The molecule has 24 heavy (non-hydrogen) atoms. The van der Waals surface area contributed by atoms with E-state index in [4.69, 9.17) is 10.5 Å². The Labute approximate surface area is 144 Å². The van der Waals surface area contributed by atoms with Gasteiger partial charge in [-0.1, -0.05) is 11.8 Å². The van der Waals surface area contributed by atoms with Gasteiger partial charge in [-0.15, -0.1) is 5.10 Å². The van der Waals surface area contributed by atoms with Crippen molar-refractivity contribution in [2.45, 2.75) is 18.0 Å². The van der Waals surface area contributed by atoms with Crippen molar-refractivity contribution in [3.63, 3.8) is 0 Å². The van der Waals surface area contributed by atoms with Crippen LogP contribution in [0, 0.1) is 5.92 Å². The summed E-state index contributed by atoms with van der Waals surface area (Å²) in [7, 11) is 0. The molecular formula is C14H22N6O3S. The van der Waals surface area contributed by atoms with E-state index in [0.717, 1.165) is 12.8 Å². The van der Waals surface area contributed by atoms with E-state index < -0.39 is 0 Å². The van der Waals surface area contributed by atoms with Gasteiger partial charge in [-0.3, -0.25) is 9.59 Å². The minimum atomic E-state index is 0.0209. The van der Waals surface area contributed by atoms with Gasteiger partial charge in [0, 0.05) is 32.1 Å². The molecule has 1 aromatic heterocycles. The number of aromatic amines is 1. The van der Waals surface area contributed by atoms with E-state index in [2.05, 4.69) is 15.2 Å². The van der Waals surface area contributed by atoms with Crippen LogP contribution in [0.3, 0.4) is 0 Å². The van der Waals surface area contributed by atoms with E-state index in [-0.39, 0.29) is 29.4 Å². The Morgan fingerprint density at radius 2 is 1.92 bits per heavy atom. The predicted octanol–water partition coefficient (Wildman–Crippen LogP) is -0.424. The topological polar surface area (TPSA) is 117 Å². The quantitative estimate of drug-likeness (QED) is 0.705. The average Bonchev–Trinajstić information content (AvgIpc) is 3.05. The Morgan fingerprint density at radius 3 is 2.54 bits per heavy atom. The molecule has 2 saturated heterocycles. The number of hydrogen-bond donors (Lipinski definition) is 2. The normalized spacial score (nSPS) is 19.5. The first-order valence-electron chi connectivity index (χ1n) is 8.08. The number of thioether (sulfide) groups is 1. The molecule has 132 valence electrons. The van der Waals surface area contributed by atoms with Crippen molar-refractivity contribution in [2.75, 3.05) is 50.9 Å². The monoisotopic (exact) mass is 354 g/mol. The van der Waals surface area contributed by atoms with Gasteiger partial charge >= 0.3 is 0 Å². The van der Waals surface area contributed by atoms with E-state index >= 15 is 0 Å². The highest BCUT2D eigenvalue weighted by Crippen LogP contribution is 2.22. The Balaban J connectivity index is 1.42. The highest BCUT2D eigenvalue weighted by molar-refractivity contribution is 7.99. The molecule has 2 aliphatic rings. The molecule has 3 rings (SSSR count). The third-order valence-corrected chi connectivity index (χ3v) is 5.16. The number of piperidine rings is 1. The highest BCUT2D eigenvalue weighted by Gasteiger charge is 2.30. The van der Waals surface area contributed by atoms with Crippen LogP contribution in [0.5, 0.6) is 0 Å². The molecule has 10 heteroatoms. The first-order chi connectivity index (χ1) is 11.6. The lowest BCUT2D eigenvalue weighted by molar-refractivity contribution is -0.143. The molecule has 2 fully saturated rings. The Hall–Kier alpha value is -1.81. The number of likely N-dealkylation sites (tertiary alicyclic amines) is 1. The minimum Gasteiger partial charge on any atom is -0.378 e. The minimum absolute atomic E-state index is 0.0209. The van der Waals surface area contributed by atoms with Crippen molar-refractivity contribution in [1.29, 1.82) is 0 Å². The lowest BCUT2D eigenvalue weighted by Gasteiger charge is -2.35. The van der Waals surface area contributed by atoms with E-state index in [9.17, 15) is 9.59 Å². The van der Waals surface area contributed by atoms with Gasteiger partial charge in [0.05, 0.1) is 19.0 Å². The van der Waals surface area contributed by atoms with Gasteiger partial charge in [-0.2, -0.15) is 4.98 Å². The molecule has 2 aliphatic heterocycles. The number of H-pyrrole nitrogens is 1. The molecule has 0 spiro atoms. The largest absolute Gasteiger partial charge is 0.378 e. The van der Waals surface area contributed by atoms with Crippen LogP contribution in [0.2, 0.25) is 0 Å². The maximum absolute atomic E-state index is 12.5. The van der Waals surface area contributed by atoms with Crippen LogP contribution >= 0.6 is 11.8 Å². The molecule has 0 aromatic carbocycles. The van der Waals surface area contributed by atoms with Gasteiger partial charge in [0.1, 0.15) is 0 Å². The molecule has 0 aliphatic carbocycles. The molecule has 3 N–H and O–H groups in total. The summed E-state index contributed by atoms with van der Waals surface area (Å²) in [4.78, 5) is 32.4. The third-order valence-electron chi connectivity index (χ3n) is 4.33. The number of hydrogen-bond acceptors (Lipinski definition) is 7. The number of ether oxygens (including phenoxy) is 1. The van der Waals surface area contributed by atoms with E-state index in [1.54, 1.807) is 0 Å². The first kappa shape index (κ1) is 17.0. The molecule has 0 radical (unpaired) electrons. The fourth-order valence-corrected chi connectivity index (χ4v) is 3.67. The van der Waals surface area contributed by atoms with Gasteiger partial charge in [-0.05, 0) is 12.8 Å².